The summed E-state index contributed by atoms with van der Waals surface area (Å²) in [6, 6.07) is 20.4. The van der Waals surface area contributed by atoms with Crippen molar-refractivity contribution >= 4 is 40.4 Å². The first-order valence-corrected chi connectivity index (χ1v) is 11.9. The monoisotopic (exact) mass is 555 g/mol. The number of amides is 2. The van der Waals surface area contributed by atoms with Crippen LogP contribution in [0.2, 0.25) is 5.02 Å². The standard InChI is InChI=1S/C28H21ClF3N3O4/c29-23-13-18(11-12-24(23)36)27(38)35-34-16-19-10-9-17(21-6-2-3-7-22(19)21)14-26(37)33-15-20-5-1-4-8-25(20)39-28(30,31)32/h1-13,16,36H,14-15H2,(H,33,37)(H,35,38). The number of hydrazone groups is 1. The van der Waals surface area contributed by atoms with Crippen LogP contribution in [-0.2, 0) is 17.8 Å². The number of fused-ring (bicyclic) bond motifs is 1. The molecule has 2 amide bonds. The quantitative estimate of drug-likeness (QED) is 0.191. The molecule has 0 fully saturated rings. The second kappa shape index (κ2) is 11.9. The molecule has 0 heterocycles. The molecule has 0 spiro atoms. The molecule has 11 heteroatoms. The van der Waals surface area contributed by atoms with Crippen LogP contribution in [0.15, 0.2) is 84.0 Å². The molecule has 0 aromatic heterocycles. The van der Waals surface area contributed by atoms with Gasteiger partial charge in [0.25, 0.3) is 5.91 Å². The molecule has 4 rings (SSSR count). The third-order valence-corrected chi connectivity index (χ3v) is 5.96. The van der Waals surface area contributed by atoms with E-state index in [0.29, 0.717) is 11.1 Å². The number of nitrogens with zero attached hydrogens (tertiary/aromatic N) is 1. The Labute approximate surface area is 225 Å². The van der Waals surface area contributed by atoms with Crippen molar-refractivity contribution in [2.45, 2.75) is 19.3 Å². The summed E-state index contributed by atoms with van der Waals surface area (Å²) in [5.41, 5.74) is 4.18. The van der Waals surface area contributed by atoms with E-state index in [1.807, 2.05) is 24.3 Å². The van der Waals surface area contributed by atoms with Crippen molar-refractivity contribution in [1.82, 2.24) is 10.7 Å². The maximum Gasteiger partial charge on any atom is 0.573 e. The molecule has 0 bridgehead atoms. The molecule has 3 N–H and O–H groups in total. The van der Waals surface area contributed by atoms with E-state index in [-0.39, 0.29) is 46.5 Å². The topological polar surface area (TPSA) is 100 Å². The lowest BCUT2D eigenvalue weighted by molar-refractivity contribution is -0.274. The number of aromatic hydroxyl groups is 1. The summed E-state index contributed by atoms with van der Waals surface area (Å²) in [4.78, 5) is 25.0. The Kier molecular flexibility index (Phi) is 8.36. The van der Waals surface area contributed by atoms with E-state index in [4.69, 9.17) is 11.6 Å². The summed E-state index contributed by atoms with van der Waals surface area (Å²) in [6.07, 6.45) is -3.39. The van der Waals surface area contributed by atoms with E-state index in [1.54, 1.807) is 18.2 Å². The number of carbonyl (C=O) groups excluding carboxylic acids is 2. The van der Waals surface area contributed by atoms with Gasteiger partial charge in [-0.3, -0.25) is 9.59 Å². The molecular formula is C28H21ClF3N3O4. The summed E-state index contributed by atoms with van der Waals surface area (Å²) in [5.74, 6) is -1.42. The fraction of sp³-hybridized carbons (Fsp3) is 0.107. The summed E-state index contributed by atoms with van der Waals surface area (Å²) >= 11 is 5.84. The Hall–Kier alpha value is -4.57. The molecule has 0 unspecified atom stereocenters. The Morgan fingerprint density at radius 1 is 0.949 bits per heavy atom. The van der Waals surface area contributed by atoms with Gasteiger partial charge >= 0.3 is 6.36 Å². The van der Waals surface area contributed by atoms with E-state index < -0.39 is 12.3 Å². The van der Waals surface area contributed by atoms with Crippen LogP contribution in [0.4, 0.5) is 13.2 Å². The van der Waals surface area contributed by atoms with E-state index in [9.17, 15) is 27.9 Å². The van der Waals surface area contributed by atoms with Crippen molar-refractivity contribution in [3.63, 3.8) is 0 Å². The van der Waals surface area contributed by atoms with E-state index in [0.717, 1.165) is 10.8 Å². The van der Waals surface area contributed by atoms with Gasteiger partial charge in [0.2, 0.25) is 5.91 Å². The SMILES string of the molecule is O=C(Cc1ccc(C=NNC(=O)c2ccc(O)c(Cl)c2)c2ccccc12)NCc1ccccc1OC(F)(F)F. The van der Waals surface area contributed by atoms with Crippen LogP contribution in [0.25, 0.3) is 10.8 Å². The van der Waals surface area contributed by atoms with Crippen molar-refractivity contribution < 1.29 is 32.6 Å². The highest BCUT2D eigenvalue weighted by Crippen LogP contribution is 2.27. The number of benzene rings is 4. The molecule has 0 aliphatic carbocycles. The number of ether oxygens (including phenoxy) is 1. The number of halogens is 4. The zero-order chi connectivity index (χ0) is 28.0. The summed E-state index contributed by atoms with van der Waals surface area (Å²) < 4.78 is 42.0. The highest BCUT2D eigenvalue weighted by Gasteiger charge is 2.32. The molecule has 7 nitrogen and oxygen atoms in total. The number of rotatable bonds is 8. The fourth-order valence-corrected chi connectivity index (χ4v) is 4.01. The number of hydrogen-bond acceptors (Lipinski definition) is 5. The van der Waals surface area contributed by atoms with Crippen LogP contribution >= 0.6 is 11.6 Å². The number of hydrogen-bond donors (Lipinski definition) is 3. The van der Waals surface area contributed by atoms with Gasteiger partial charge in [-0.15, -0.1) is 13.2 Å². The summed E-state index contributed by atoms with van der Waals surface area (Å²) in [7, 11) is 0. The molecule has 200 valence electrons. The third kappa shape index (κ3) is 7.26. The van der Waals surface area contributed by atoms with Gasteiger partial charge in [0, 0.05) is 23.2 Å². The second-order valence-electron chi connectivity index (χ2n) is 8.33. The first kappa shape index (κ1) is 27.5. The lowest BCUT2D eigenvalue weighted by Gasteiger charge is -2.14. The molecule has 0 radical (unpaired) electrons. The van der Waals surface area contributed by atoms with E-state index >= 15 is 0 Å². The van der Waals surface area contributed by atoms with Crippen LogP contribution in [0, 0.1) is 0 Å². The van der Waals surface area contributed by atoms with Crippen molar-refractivity contribution in [1.29, 1.82) is 0 Å². The highest BCUT2D eigenvalue weighted by molar-refractivity contribution is 6.32. The number of nitrogens with one attached hydrogen (secondary N) is 2. The van der Waals surface area contributed by atoms with E-state index in [2.05, 4.69) is 20.6 Å². The van der Waals surface area contributed by atoms with Crippen LogP contribution in [-0.4, -0.2) is 29.5 Å². The predicted molar refractivity (Wildman–Crippen MR) is 141 cm³/mol. The maximum atomic E-state index is 12.7. The smallest absolute Gasteiger partial charge is 0.506 e. The largest absolute Gasteiger partial charge is 0.573 e. The van der Waals surface area contributed by atoms with Gasteiger partial charge in [0.05, 0.1) is 17.7 Å². The highest BCUT2D eigenvalue weighted by atomic mass is 35.5. The molecule has 0 aliphatic heterocycles. The molecule has 0 atom stereocenters. The number of alkyl halides is 3. The lowest BCUT2D eigenvalue weighted by Crippen LogP contribution is -2.26. The number of carbonyl (C=O) groups is 2. The van der Waals surface area contributed by atoms with E-state index in [1.165, 1.54) is 42.6 Å². The minimum absolute atomic E-state index is 0.0153. The number of phenolic OH excluding ortho intramolecular Hbond substituents is 1. The first-order valence-electron chi connectivity index (χ1n) is 11.5. The molecule has 4 aromatic carbocycles. The van der Waals surface area contributed by atoms with Crippen molar-refractivity contribution in [2.24, 2.45) is 5.10 Å². The van der Waals surface area contributed by atoms with Crippen LogP contribution in [0.1, 0.15) is 27.0 Å². The van der Waals surface area contributed by atoms with Crippen molar-refractivity contribution in [2.75, 3.05) is 0 Å². The number of para-hydroxylation sites is 1. The van der Waals surface area contributed by atoms with Gasteiger partial charge in [-0.2, -0.15) is 5.10 Å². The molecule has 0 saturated carbocycles. The van der Waals surface area contributed by atoms with Gasteiger partial charge in [0.15, 0.2) is 0 Å². The Morgan fingerprint density at radius 2 is 1.67 bits per heavy atom. The van der Waals surface area contributed by atoms with Gasteiger partial charge in [0.1, 0.15) is 11.5 Å². The Bertz CT molecular complexity index is 1560. The summed E-state index contributed by atoms with van der Waals surface area (Å²) in [5, 5.41) is 17.7. The average molecular weight is 556 g/mol. The molecule has 0 aliphatic rings. The van der Waals surface area contributed by atoms with Gasteiger partial charge in [-0.1, -0.05) is 66.2 Å². The summed E-state index contributed by atoms with van der Waals surface area (Å²) in [6.45, 7) is -0.139. The van der Waals surface area contributed by atoms with Crippen molar-refractivity contribution in [3.8, 4) is 11.5 Å². The third-order valence-electron chi connectivity index (χ3n) is 5.65. The van der Waals surface area contributed by atoms with Gasteiger partial charge < -0.3 is 15.2 Å². The molecule has 0 saturated heterocycles. The van der Waals surface area contributed by atoms with Crippen LogP contribution in [0.5, 0.6) is 11.5 Å². The Balaban J connectivity index is 1.44. The van der Waals surface area contributed by atoms with Crippen LogP contribution in [0.3, 0.4) is 0 Å². The predicted octanol–water partition coefficient (Wildman–Crippen LogP) is 5.72. The maximum absolute atomic E-state index is 12.7. The van der Waals surface area contributed by atoms with Gasteiger partial charge in [-0.25, -0.2) is 5.43 Å². The van der Waals surface area contributed by atoms with Gasteiger partial charge in [-0.05, 0) is 40.6 Å². The fourth-order valence-electron chi connectivity index (χ4n) is 3.83. The van der Waals surface area contributed by atoms with Crippen molar-refractivity contribution in [3.05, 3.63) is 106 Å². The average Bonchev–Trinajstić information content (AvgIpc) is 2.90. The molecule has 39 heavy (non-hydrogen) atoms. The minimum atomic E-state index is -4.84. The zero-order valence-electron chi connectivity index (χ0n) is 20.1. The zero-order valence-corrected chi connectivity index (χ0v) is 20.9. The first-order chi connectivity index (χ1) is 18.6. The van der Waals surface area contributed by atoms with Crippen LogP contribution < -0.4 is 15.5 Å². The number of phenols is 1. The minimum Gasteiger partial charge on any atom is -0.506 e. The normalized spacial score (nSPS) is 11.5. The molecular weight excluding hydrogens is 535 g/mol. The molecule has 4 aromatic rings. The lowest BCUT2D eigenvalue weighted by atomic mass is 9.98. The Morgan fingerprint density at radius 3 is 2.41 bits per heavy atom. The second-order valence-corrected chi connectivity index (χ2v) is 8.74.